The molecule has 0 unspecified atom stereocenters. The van der Waals surface area contributed by atoms with E-state index >= 15 is 0 Å². The lowest BCUT2D eigenvalue weighted by Crippen LogP contribution is -2.01. The average molecular weight is 1350 g/mol. The van der Waals surface area contributed by atoms with Gasteiger partial charge in [0.25, 0.3) is 40.5 Å². The molecule has 0 spiro atoms. The monoisotopic (exact) mass is 1340 g/mol. The largest absolute Gasteiger partial charge is 0.354 e. The molecule has 0 radical (unpaired) electrons. The molecule has 16 nitrogen and oxygen atoms in total. The van der Waals surface area contributed by atoms with Gasteiger partial charge in [-0.05, 0) is 72.8 Å². The number of aromatic nitrogens is 4. The van der Waals surface area contributed by atoms with Crippen LogP contribution < -0.4 is 0 Å². The SMILES string of the molecule is O=S(=O)(O)c1cc(Cl)c(-c2c3nc(c(-c4c(Cl)cc(S(=O)(=O)O)c(Cl)c4Cl)c4ccc([nH]4)c(-c4c(Cl)cc(S(=O)(=O)O)c(Cl)c4Cl)c4nc(c(-c5c(Cl)cc(S(=O)(=O)O)c(Cl)c5Cl)c5ccc2[nH]5)C=C4)C=C3)c(Cl)c1Cl. The highest BCUT2D eigenvalue weighted by Crippen LogP contribution is 2.52. The Morgan fingerprint density at radius 1 is 0.303 bits per heavy atom. The van der Waals surface area contributed by atoms with Crippen LogP contribution in [0.1, 0.15) is 22.8 Å². The summed E-state index contributed by atoms with van der Waals surface area (Å²) in [5.74, 6) is 0. The normalized spacial score (nSPS) is 13.1. The average Bonchev–Trinajstić information content (AvgIpc) is 4.17. The Bertz CT molecular complexity index is 4000. The molecule has 0 amide bonds. The topological polar surface area (TPSA) is 275 Å². The maximum absolute atomic E-state index is 12.5. The van der Waals surface area contributed by atoms with Crippen LogP contribution in [0, 0.1) is 0 Å². The summed E-state index contributed by atoms with van der Waals surface area (Å²) in [6.45, 7) is 0. The molecule has 3 aromatic heterocycles. The van der Waals surface area contributed by atoms with E-state index in [4.69, 9.17) is 149 Å². The molecular weight excluding hydrogens is 1330 g/mol. The van der Waals surface area contributed by atoms with Crippen molar-refractivity contribution in [3.63, 3.8) is 0 Å². The third kappa shape index (κ3) is 10.0. The summed E-state index contributed by atoms with van der Waals surface area (Å²) in [5.41, 5.74) is -0.871. The number of fused-ring (bicyclic) bond motifs is 8. The molecule has 0 fully saturated rings. The molecule has 2 aliphatic heterocycles. The van der Waals surface area contributed by atoms with E-state index in [1.165, 1.54) is 48.6 Å². The lowest BCUT2D eigenvalue weighted by atomic mass is 10.0. The van der Waals surface area contributed by atoms with Gasteiger partial charge in [-0.3, -0.25) is 18.2 Å². The molecule has 2 aliphatic rings. The summed E-state index contributed by atoms with van der Waals surface area (Å²) in [6.07, 6.45) is 5.69. The molecule has 0 aliphatic carbocycles. The Morgan fingerprint density at radius 3 is 0.658 bits per heavy atom. The van der Waals surface area contributed by atoms with Crippen LogP contribution in [0.5, 0.6) is 0 Å². The zero-order valence-electron chi connectivity index (χ0n) is 36.0. The number of halogens is 12. The molecule has 6 N–H and O–H groups in total. The number of benzene rings is 4. The van der Waals surface area contributed by atoms with Crippen LogP contribution in [0.4, 0.5) is 0 Å². The van der Waals surface area contributed by atoms with Crippen molar-refractivity contribution in [1.29, 1.82) is 0 Å². The van der Waals surface area contributed by atoms with Crippen molar-refractivity contribution in [3.05, 3.63) is 132 Å². The van der Waals surface area contributed by atoms with Gasteiger partial charge < -0.3 is 9.97 Å². The molecule has 394 valence electrons. The molecular formula is C44H18Cl12N4O12S4. The zero-order chi connectivity index (χ0) is 55.8. The molecule has 76 heavy (non-hydrogen) atoms. The fraction of sp³-hybridized carbons (Fsp3) is 0. The van der Waals surface area contributed by atoms with Crippen LogP contribution in [0.25, 0.3) is 90.9 Å². The summed E-state index contributed by atoms with van der Waals surface area (Å²) in [7, 11) is -20.2. The molecule has 0 atom stereocenters. The van der Waals surface area contributed by atoms with Crippen LogP contribution >= 0.6 is 139 Å². The van der Waals surface area contributed by atoms with E-state index in [9.17, 15) is 51.9 Å². The van der Waals surface area contributed by atoms with Crippen molar-refractivity contribution in [3.8, 4) is 44.5 Å². The predicted octanol–water partition coefficient (Wildman–Crippen LogP) is 16.2. The van der Waals surface area contributed by atoms with E-state index < -0.39 is 120 Å². The summed E-state index contributed by atoms with van der Waals surface area (Å²) >= 11 is 81.1. The Hall–Kier alpha value is -3.40. The number of hydrogen-bond donors (Lipinski definition) is 6. The molecule has 32 heteroatoms. The highest BCUT2D eigenvalue weighted by Gasteiger charge is 2.32. The summed E-state index contributed by atoms with van der Waals surface area (Å²) in [5, 5.41) is -6.36. The summed E-state index contributed by atoms with van der Waals surface area (Å²) in [4.78, 5) is 12.8. The maximum Gasteiger partial charge on any atom is 0.296 e. The highest BCUT2D eigenvalue weighted by atomic mass is 35.5. The van der Waals surface area contributed by atoms with Crippen molar-refractivity contribution < 1.29 is 51.9 Å². The van der Waals surface area contributed by atoms with Crippen LogP contribution in [0.15, 0.2) is 68.1 Å². The first-order valence-corrected chi connectivity index (χ1v) is 30.3. The minimum atomic E-state index is -5.05. The first-order valence-electron chi connectivity index (χ1n) is 20.0. The first kappa shape index (κ1) is 57.3. The van der Waals surface area contributed by atoms with E-state index in [2.05, 4.69) is 9.97 Å². The third-order valence-corrected chi connectivity index (χ3v) is 20.0. The lowest BCUT2D eigenvalue weighted by molar-refractivity contribution is 0.481. The quantitative estimate of drug-likeness (QED) is 0.0610. The predicted molar refractivity (Wildman–Crippen MR) is 300 cm³/mol. The van der Waals surface area contributed by atoms with E-state index in [0.717, 1.165) is 24.3 Å². The Morgan fingerprint density at radius 2 is 0.487 bits per heavy atom. The van der Waals surface area contributed by atoms with E-state index in [0.29, 0.717) is 0 Å². The molecule has 0 saturated carbocycles. The Balaban J connectivity index is 1.58. The number of nitrogens with one attached hydrogen (secondary N) is 2. The van der Waals surface area contributed by atoms with Crippen molar-refractivity contribution in [2.24, 2.45) is 0 Å². The van der Waals surface area contributed by atoms with Crippen LogP contribution in [-0.2, 0) is 40.5 Å². The van der Waals surface area contributed by atoms with E-state index in [1.54, 1.807) is 0 Å². The Labute approximate surface area is 488 Å². The van der Waals surface area contributed by atoms with E-state index in [1.807, 2.05) is 0 Å². The van der Waals surface area contributed by atoms with Gasteiger partial charge in [-0.2, -0.15) is 33.7 Å². The summed E-state index contributed by atoms with van der Waals surface area (Å²) in [6, 6.07) is 9.13. The fourth-order valence-corrected chi connectivity index (χ4v) is 15.4. The number of nitrogens with zero attached hydrogens (tertiary/aromatic N) is 2. The minimum Gasteiger partial charge on any atom is -0.354 e. The van der Waals surface area contributed by atoms with Crippen molar-refractivity contribution >= 4 is 226 Å². The number of H-pyrrole nitrogens is 2. The zero-order valence-corrected chi connectivity index (χ0v) is 48.4. The standard InChI is InChI=1S/C44H18Cl12N4O12S4/c45-13-9-25(73(61,62)63)37(49)41(53)29(13)33-17-1-2-18(57-17)34(30-14(46)10-26(74(64,65)66)38(50)42(30)54)20-5-6-22(59-20)36(32-16(48)12-28(76(70,71)72)40(52)44(32)56)24-8-7-23(60-24)35(21-4-3-19(33)58-21)31-15(47)11-27(75(67,68)69)39(51)43(31)55/h1-12,57,60H,(H,61,62,63)(H,64,65,66)(H,67,68,69)(H,70,71,72). The summed E-state index contributed by atoms with van der Waals surface area (Å²) < 4.78 is 140. The molecule has 0 saturated heterocycles. The molecule has 5 heterocycles. The van der Waals surface area contributed by atoms with Gasteiger partial charge in [-0.15, -0.1) is 0 Å². The van der Waals surface area contributed by atoms with Gasteiger partial charge >= 0.3 is 0 Å². The van der Waals surface area contributed by atoms with Gasteiger partial charge in [0.05, 0.1) is 83.0 Å². The van der Waals surface area contributed by atoms with Gasteiger partial charge in [-0.1, -0.05) is 139 Å². The van der Waals surface area contributed by atoms with Crippen LogP contribution in [0.2, 0.25) is 60.3 Å². The minimum absolute atomic E-state index is 0.0376. The molecule has 9 rings (SSSR count). The highest BCUT2D eigenvalue weighted by molar-refractivity contribution is 7.86. The smallest absolute Gasteiger partial charge is 0.296 e. The second-order valence-electron chi connectivity index (χ2n) is 15.8. The van der Waals surface area contributed by atoms with Gasteiger partial charge in [0.15, 0.2) is 0 Å². The lowest BCUT2D eigenvalue weighted by Gasteiger charge is -2.14. The maximum atomic E-state index is 12.5. The molecule has 8 bridgehead atoms. The first-order chi connectivity index (χ1) is 35.2. The molecule has 7 aromatic rings. The number of hydrogen-bond acceptors (Lipinski definition) is 10. The second-order valence-corrected chi connectivity index (χ2v) is 26.1. The van der Waals surface area contributed by atoms with Crippen molar-refractivity contribution in [2.75, 3.05) is 0 Å². The van der Waals surface area contributed by atoms with Gasteiger partial charge in [0.2, 0.25) is 0 Å². The molecule has 4 aromatic carbocycles. The second kappa shape index (κ2) is 20.3. The number of rotatable bonds is 8. The van der Waals surface area contributed by atoms with Crippen LogP contribution in [-0.4, -0.2) is 71.8 Å². The fourth-order valence-electron chi connectivity index (χ4n) is 8.22. The van der Waals surface area contributed by atoms with Gasteiger partial charge in [0, 0.05) is 66.6 Å². The van der Waals surface area contributed by atoms with E-state index in [-0.39, 0.29) is 89.4 Å². The van der Waals surface area contributed by atoms with Gasteiger partial charge in [0.1, 0.15) is 19.6 Å². The van der Waals surface area contributed by atoms with Gasteiger partial charge in [-0.25, -0.2) is 9.97 Å². The Kier molecular flexibility index (Phi) is 15.3. The van der Waals surface area contributed by atoms with Crippen LogP contribution in [0.3, 0.4) is 0 Å². The number of aromatic amines is 2. The van der Waals surface area contributed by atoms with Crippen molar-refractivity contribution in [1.82, 2.24) is 19.9 Å². The third-order valence-electron chi connectivity index (χ3n) is 11.4. The van der Waals surface area contributed by atoms with Crippen molar-refractivity contribution in [2.45, 2.75) is 19.6 Å².